The lowest BCUT2D eigenvalue weighted by Crippen LogP contribution is -2.40. The molecular formula is C13H26N2. The van der Waals surface area contributed by atoms with Crippen LogP contribution in [0.5, 0.6) is 0 Å². The Kier molecular flexibility index (Phi) is 3.68. The first-order chi connectivity index (χ1) is 7.15. The average Bonchev–Trinajstić information content (AvgIpc) is 2.58. The van der Waals surface area contributed by atoms with Crippen LogP contribution in [0.4, 0.5) is 0 Å². The molecule has 2 nitrogen and oxygen atoms in total. The summed E-state index contributed by atoms with van der Waals surface area (Å²) in [7, 11) is 0. The molecule has 2 N–H and O–H groups in total. The summed E-state index contributed by atoms with van der Waals surface area (Å²) in [4.78, 5) is 2.67. The van der Waals surface area contributed by atoms with E-state index in [0.717, 1.165) is 17.8 Å². The van der Waals surface area contributed by atoms with Crippen molar-refractivity contribution in [1.82, 2.24) is 4.90 Å². The molecule has 0 spiro atoms. The largest absolute Gasteiger partial charge is 0.328 e. The summed E-state index contributed by atoms with van der Waals surface area (Å²) in [6.45, 7) is 8.74. The number of piperidine rings is 1. The molecule has 0 amide bonds. The van der Waals surface area contributed by atoms with E-state index in [1.165, 1.54) is 45.3 Å². The van der Waals surface area contributed by atoms with Crippen LogP contribution in [0.15, 0.2) is 0 Å². The first kappa shape index (κ1) is 11.4. The minimum Gasteiger partial charge on any atom is -0.328 e. The molecule has 2 rings (SSSR count). The van der Waals surface area contributed by atoms with E-state index in [1.54, 1.807) is 0 Å². The monoisotopic (exact) mass is 210 g/mol. The van der Waals surface area contributed by atoms with E-state index in [1.807, 2.05) is 0 Å². The second kappa shape index (κ2) is 4.84. The zero-order chi connectivity index (χ0) is 10.8. The summed E-state index contributed by atoms with van der Waals surface area (Å²) < 4.78 is 0. The Morgan fingerprint density at radius 3 is 2.53 bits per heavy atom. The molecule has 15 heavy (non-hydrogen) atoms. The zero-order valence-electron chi connectivity index (χ0n) is 10.3. The second-order valence-electron chi connectivity index (χ2n) is 5.94. The molecule has 0 aromatic carbocycles. The average molecular weight is 210 g/mol. The Morgan fingerprint density at radius 2 is 1.93 bits per heavy atom. The van der Waals surface area contributed by atoms with Gasteiger partial charge in [0.05, 0.1) is 0 Å². The van der Waals surface area contributed by atoms with Crippen LogP contribution in [0.1, 0.15) is 39.5 Å². The maximum absolute atomic E-state index is 5.96. The molecule has 4 unspecified atom stereocenters. The number of nitrogens with two attached hydrogens (primary N) is 1. The van der Waals surface area contributed by atoms with E-state index in [0.29, 0.717) is 6.04 Å². The van der Waals surface area contributed by atoms with Crippen LogP contribution in [0.2, 0.25) is 0 Å². The van der Waals surface area contributed by atoms with Gasteiger partial charge in [0, 0.05) is 19.1 Å². The molecule has 1 heterocycles. The molecule has 2 aliphatic rings. The van der Waals surface area contributed by atoms with Crippen molar-refractivity contribution in [3.63, 3.8) is 0 Å². The SMILES string of the molecule is CC1CCN(CC2CCC(N)C2)CC1C. The van der Waals surface area contributed by atoms with Gasteiger partial charge in [0.25, 0.3) is 0 Å². The third kappa shape index (κ3) is 2.94. The fourth-order valence-electron chi connectivity index (χ4n) is 3.16. The number of nitrogens with zero attached hydrogens (tertiary/aromatic N) is 1. The van der Waals surface area contributed by atoms with Crippen molar-refractivity contribution < 1.29 is 0 Å². The van der Waals surface area contributed by atoms with Gasteiger partial charge in [-0.05, 0) is 50.0 Å². The van der Waals surface area contributed by atoms with Crippen LogP contribution in [0.3, 0.4) is 0 Å². The van der Waals surface area contributed by atoms with Crippen molar-refractivity contribution in [3.8, 4) is 0 Å². The summed E-state index contributed by atoms with van der Waals surface area (Å²) in [5.41, 5.74) is 5.96. The van der Waals surface area contributed by atoms with Crippen LogP contribution in [-0.2, 0) is 0 Å². The minimum absolute atomic E-state index is 0.496. The fraction of sp³-hybridized carbons (Fsp3) is 1.00. The summed E-state index contributed by atoms with van der Waals surface area (Å²) >= 11 is 0. The number of hydrogen-bond donors (Lipinski definition) is 1. The van der Waals surface area contributed by atoms with Crippen LogP contribution in [0, 0.1) is 17.8 Å². The highest BCUT2D eigenvalue weighted by atomic mass is 15.1. The molecule has 0 aromatic heterocycles. The third-order valence-corrected chi connectivity index (χ3v) is 4.52. The summed E-state index contributed by atoms with van der Waals surface area (Å²) in [5, 5.41) is 0. The van der Waals surface area contributed by atoms with Crippen molar-refractivity contribution in [1.29, 1.82) is 0 Å². The van der Waals surface area contributed by atoms with Crippen molar-refractivity contribution in [2.45, 2.75) is 45.6 Å². The van der Waals surface area contributed by atoms with E-state index in [-0.39, 0.29) is 0 Å². The first-order valence-electron chi connectivity index (χ1n) is 6.63. The van der Waals surface area contributed by atoms with Gasteiger partial charge in [-0.25, -0.2) is 0 Å². The Bertz CT molecular complexity index is 205. The van der Waals surface area contributed by atoms with Gasteiger partial charge in [0.2, 0.25) is 0 Å². The molecule has 88 valence electrons. The Hall–Kier alpha value is -0.0800. The van der Waals surface area contributed by atoms with E-state index < -0.39 is 0 Å². The van der Waals surface area contributed by atoms with Crippen molar-refractivity contribution >= 4 is 0 Å². The maximum atomic E-state index is 5.96. The molecule has 0 aromatic rings. The van der Waals surface area contributed by atoms with E-state index in [2.05, 4.69) is 18.7 Å². The van der Waals surface area contributed by atoms with Gasteiger partial charge in [-0.1, -0.05) is 13.8 Å². The Morgan fingerprint density at radius 1 is 1.13 bits per heavy atom. The lowest BCUT2D eigenvalue weighted by molar-refractivity contribution is 0.121. The van der Waals surface area contributed by atoms with E-state index in [4.69, 9.17) is 5.73 Å². The lowest BCUT2D eigenvalue weighted by atomic mass is 9.88. The molecule has 1 saturated heterocycles. The highest BCUT2D eigenvalue weighted by molar-refractivity contribution is 4.82. The van der Waals surface area contributed by atoms with Crippen molar-refractivity contribution in [2.75, 3.05) is 19.6 Å². The molecule has 2 fully saturated rings. The van der Waals surface area contributed by atoms with Crippen molar-refractivity contribution in [2.24, 2.45) is 23.5 Å². The minimum atomic E-state index is 0.496. The molecular weight excluding hydrogens is 184 g/mol. The summed E-state index contributed by atoms with van der Waals surface area (Å²) in [6.07, 6.45) is 5.27. The lowest BCUT2D eigenvalue weighted by Gasteiger charge is -2.36. The highest BCUT2D eigenvalue weighted by Gasteiger charge is 2.27. The summed E-state index contributed by atoms with van der Waals surface area (Å²) in [5.74, 6) is 2.70. The Balaban J connectivity index is 1.75. The van der Waals surface area contributed by atoms with Gasteiger partial charge >= 0.3 is 0 Å². The molecule has 1 aliphatic heterocycles. The molecule has 4 atom stereocenters. The third-order valence-electron chi connectivity index (χ3n) is 4.52. The normalized spacial score (nSPS) is 43.4. The molecule has 1 saturated carbocycles. The summed E-state index contributed by atoms with van der Waals surface area (Å²) in [6, 6.07) is 0.496. The molecule has 0 radical (unpaired) electrons. The standard InChI is InChI=1S/C13H26N2/c1-10-5-6-15(8-11(10)2)9-12-3-4-13(14)7-12/h10-13H,3-9,14H2,1-2H3. The van der Waals surface area contributed by atoms with Crippen LogP contribution in [0.25, 0.3) is 0 Å². The first-order valence-corrected chi connectivity index (χ1v) is 6.63. The van der Waals surface area contributed by atoms with Gasteiger partial charge in [-0.2, -0.15) is 0 Å². The quantitative estimate of drug-likeness (QED) is 0.756. The number of hydrogen-bond acceptors (Lipinski definition) is 2. The smallest absolute Gasteiger partial charge is 0.00420 e. The molecule has 1 aliphatic carbocycles. The van der Waals surface area contributed by atoms with Gasteiger partial charge in [0.15, 0.2) is 0 Å². The van der Waals surface area contributed by atoms with Crippen LogP contribution in [-0.4, -0.2) is 30.6 Å². The Labute approximate surface area is 94.2 Å². The number of rotatable bonds is 2. The highest BCUT2D eigenvalue weighted by Crippen LogP contribution is 2.28. The van der Waals surface area contributed by atoms with Gasteiger partial charge < -0.3 is 10.6 Å². The van der Waals surface area contributed by atoms with Crippen LogP contribution >= 0.6 is 0 Å². The predicted octanol–water partition coefficient (Wildman–Crippen LogP) is 2.09. The molecule has 0 bridgehead atoms. The molecule has 2 heteroatoms. The van der Waals surface area contributed by atoms with Crippen molar-refractivity contribution in [3.05, 3.63) is 0 Å². The fourth-order valence-corrected chi connectivity index (χ4v) is 3.16. The van der Waals surface area contributed by atoms with Gasteiger partial charge in [-0.15, -0.1) is 0 Å². The topological polar surface area (TPSA) is 29.3 Å². The maximum Gasteiger partial charge on any atom is 0.00420 e. The zero-order valence-corrected chi connectivity index (χ0v) is 10.3. The van der Waals surface area contributed by atoms with E-state index in [9.17, 15) is 0 Å². The predicted molar refractivity (Wildman–Crippen MR) is 64.7 cm³/mol. The van der Waals surface area contributed by atoms with Crippen LogP contribution < -0.4 is 5.73 Å². The second-order valence-corrected chi connectivity index (χ2v) is 5.94. The number of likely N-dealkylation sites (tertiary alicyclic amines) is 1. The van der Waals surface area contributed by atoms with E-state index >= 15 is 0 Å². The van der Waals surface area contributed by atoms with Gasteiger partial charge in [0.1, 0.15) is 0 Å². The van der Waals surface area contributed by atoms with Gasteiger partial charge in [-0.3, -0.25) is 0 Å².